The number of nitrogens with zero attached hydrogens (tertiary/aromatic N) is 2. The molecule has 1 N–H and O–H groups in total. The van der Waals surface area contributed by atoms with E-state index in [9.17, 15) is 9.59 Å². The summed E-state index contributed by atoms with van der Waals surface area (Å²) in [4.78, 5) is 29.1. The van der Waals surface area contributed by atoms with Gasteiger partial charge in [0.05, 0.1) is 12.2 Å². The van der Waals surface area contributed by atoms with Gasteiger partial charge in [0.2, 0.25) is 5.91 Å². The largest absolute Gasteiger partial charge is 0.372 e. The van der Waals surface area contributed by atoms with Crippen molar-refractivity contribution in [3.8, 4) is 0 Å². The van der Waals surface area contributed by atoms with Crippen LogP contribution in [0.1, 0.15) is 31.3 Å². The lowest BCUT2D eigenvalue weighted by atomic mass is 10.2. The van der Waals surface area contributed by atoms with Crippen molar-refractivity contribution in [3.05, 3.63) is 11.1 Å². The summed E-state index contributed by atoms with van der Waals surface area (Å²) in [7, 11) is 0. The van der Waals surface area contributed by atoms with Gasteiger partial charge in [-0.2, -0.15) is 0 Å². The Balaban J connectivity index is 2.06. The van der Waals surface area contributed by atoms with E-state index >= 15 is 0 Å². The van der Waals surface area contributed by atoms with E-state index in [1.54, 1.807) is 10.3 Å². The molecule has 2 heterocycles. The van der Waals surface area contributed by atoms with Crippen molar-refractivity contribution in [1.29, 1.82) is 0 Å². The molecule has 1 aliphatic heterocycles. The van der Waals surface area contributed by atoms with Crippen LogP contribution < -0.4 is 5.32 Å². The average Bonchev–Trinajstić information content (AvgIpc) is 2.74. The van der Waals surface area contributed by atoms with Gasteiger partial charge in [-0.3, -0.25) is 9.59 Å². The smallest absolute Gasteiger partial charge is 0.273 e. The Hall–Kier alpha value is -1.47. The van der Waals surface area contributed by atoms with Crippen LogP contribution in [0.25, 0.3) is 0 Å². The van der Waals surface area contributed by atoms with E-state index < -0.39 is 0 Å². The zero-order valence-corrected chi connectivity index (χ0v) is 12.0. The Bertz CT molecular complexity index is 478. The fraction of sp³-hybridized carbons (Fsp3) is 0.583. The van der Waals surface area contributed by atoms with Gasteiger partial charge in [-0.05, 0) is 13.8 Å². The number of thiazole rings is 1. The maximum atomic E-state index is 12.3. The number of amides is 2. The molecule has 19 heavy (non-hydrogen) atoms. The fourth-order valence-corrected chi connectivity index (χ4v) is 2.82. The number of carbonyl (C=O) groups excluding carboxylic acids is 2. The number of hydrogen-bond acceptors (Lipinski definition) is 5. The van der Waals surface area contributed by atoms with Gasteiger partial charge >= 0.3 is 0 Å². The van der Waals surface area contributed by atoms with Crippen LogP contribution >= 0.6 is 11.3 Å². The molecule has 0 radical (unpaired) electrons. The first-order valence-electron chi connectivity index (χ1n) is 6.13. The van der Waals surface area contributed by atoms with Crippen molar-refractivity contribution in [2.24, 2.45) is 0 Å². The van der Waals surface area contributed by atoms with E-state index in [0.29, 0.717) is 23.9 Å². The van der Waals surface area contributed by atoms with Gasteiger partial charge in [-0.15, -0.1) is 11.3 Å². The second-order valence-corrected chi connectivity index (χ2v) is 5.54. The predicted octanol–water partition coefficient (Wildman–Crippen LogP) is 1.35. The third kappa shape index (κ3) is 3.51. The number of rotatable bonds is 2. The number of hydrogen-bond donors (Lipinski definition) is 1. The summed E-state index contributed by atoms with van der Waals surface area (Å²) in [5.74, 6) is -0.309. The SMILES string of the molecule is CC(=O)Nc1nc(C(=O)N2CC(C)OC(C)C2)cs1. The Morgan fingerprint density at radius 3 is 2.63 bits per heavy atom. The number of carbonyl (C=O) groups is 2. The van der Waals surface area contributed by atoms with Crippen LogP contribution in [0.15, 0.2) is 5.38 Å². The standard InChI is InChI=1S/C12H17N3O3S/c1-7-4-15(5-8(2)18-7)11(17)10-6-19-12(14-10)13-9(3)16/h6-8H,4-5H2,1-3H3,(H,13,14,16). The second kappa shape index (κ2) is 5.66. The summed E-state index contributed by atoms with van der Waals surface area (Å²) in [6.07, 6.45) is 0.0577. The van der Waals surface area contributed by atoms with Crippen molar-refractivity contribution in [1.82, 2.24) is 9.88 Å². The van der Waals surface area contributed by atoms with E-state index in [2.05, 4.69) is 10.3 Å². The molecule has 0 bridgehead atoms. The number of aromatic nitrogens is 1. The third-order valence-corrected chi connectivity index (χ3v) is 3.47. The average molecular weight is 283 g/mol. The molecule has 0 aliphatic carbocycles. The molecule has 2 amide bonds. The lowest BCUT2D eigenvalue weighted by Crippen LogP contribution is -2.48. The molecule has 2 unspecified atom stereocenters. The van der Waals surface area contributed by atoms with Crippen LogP contribution in [0, 0.1) is 0 Å². The monoisotopic (exact) mass is 283 g/mol. The molecule has 1 aromatic heterocycles. The number of morpholine rings is 1. The molecule has 2 rings (SSSR count). The molecule has 1 saturated heterocycles. The zero-order chi connectivity index (χ0) is 14.0. The third-order valence-electron chi connectivity index (χ3n) is 2.71. The first-order valence-corrected chi connectivity index (χ1v) is 7.01. The Labute approximate surface area is 115 Å². The van der Waals surface area contributed by atoms with Gasteiger partial charge in [-0.1, -0.05) is 0 Å². The quantitative estimate of drug-likeness (QED) is 0.889. The first kappa shape index (κ1) is 14.0. The second-order valence-electron chi connectivity index (χ2n) is 4.69. The normalized spacial score (nSPS) is 23.2. The molecule has 0 aromatic carbocycles. The van der Waals surface area contributed by atoms with E-state index in [-0.39, 0.29) is 24.0 Å². The Morgan fingerprint density at radius 1 is 1.42 bits per heavy atom. The molecule has 6 nitrogen and oxygen atoms in total. The van der Waals surface area contributed by atoms with Crippen LogP contribution in [0.3, 0.4) is 0 Å². The molecule has 0 saturated carbocycles. The van der Waals surface area contributed by atoms with E-state index in [1.807, 2.05) is 13.8 Å². The Morgan fingerprint density at radius 2 is 2.05 bits per heavy atom. The maximum absolute atomic E-state index is 12.3. The lowest BCUT2D eigenvalue weighted by Gasteiger charge is -2.34. The van der Waals surface area contributed by atoms with Crippen molar-refractivity contribution in [2.45, 2.75) is 33.0 Å². The van der Waals surface area contributed by atoms with Gasteiger partial charge in [-0.25, -0.2) is 4.98 Å². The summed E-state index contributed by atoms with van der Waals surface area (Å²) in [6, 6.07) is 0. The zero-order valence-electron chi connectivity index (χ0n) is 11.2. The van der Waals surface area contributed by atoms with Crippen LogP contribution in [0.4, 0.5) is 5.13 Å². The highest BCUT2D eigenvalue weighted by molar-refractivity contribution is 7.14. The first-order chi connectivity index (χ1) is 8.95. The molecular formula is C12H17N3O3S. The van der Waals surface area contributed by atoms with Crippen LogP contribution in [0.2, 0.25) is 0 Å². The van der Waals surface area contributed by atoms with Gasteiger partial charge < -0.3 is 15.0 Å². The topological polar surface area (TPSA) is 71.5 Å². The van der Waals surface area contributed by atoms with Crippen molar-refractivity contribution >= 4 is 28.3 Å². The molecular weight excluding hydrogens is 266 g/mol. The minimum Gasteiger partial charge on any atom is -0.372 e. The summed E-state index contributed by atoms with van der Waals surface area (Å²) in [6.45, 7) is 6.43. The molecule has 1 aromatic rings. The minimum absolute atomic E-state index is 0.0288. The van der Waals surface area contributed by atoms with E-state index in [4.69, 9.17) is 4.74 Å². The molecule has 2 atom stereocenters. The van der Waals surface area contributed by atoms with Crippen molar-refractivity contribution in [3.63, 3.8) is 0 Å². The summed E-state index contributed by atoms with van der Waals surface area (Å²) in [5, 5.41) is 4.69. The summed E-state index contributed by atoms with van der Waals surface area (Å²) in [5.41, 5.74) is 0.370. The molecule has 7 heteroatoms. The summed E-state index contributed by atoms with van der Waals surface area (Å²) < 4.78 is 5.59. The number of nitrogens with one attached hydrogen (secondary N) is 1. The maximum Gasteiger partial charge on any atom is 0.273 e. The molecule has 1 aliphatic rings. The lowest BCUT2D eigenvalue weighted by molar-refractivity contribution is -0.114. The fourth-order valence-electron chi connectivity index (χ4n) is 2.09. The molecule has 1 fully saturated rings. The van der Waals surface area contributed by atoms with Crippen molar-refractivity contribution in [2.75, 3.05) is 18.4 Å². The molecule has 104 valence electrons. The number of anilines is 1. The van der Waals surface area contributed by atoms with Crippen molar-refractivity contribution < 1.29 is 14.3 Å². The van der Waals surface area contributed by atoms with Crippen LogP contribution in [0.5, 0.6) is 0 Å². The van der Waals surface area contributed by atoms with Gasteiger partial charge in [0, 0.05) is 25.4 Å². The highest BCUT2D eigenvalue weighted by Crippen LogP contribution is 2.19. The minimum atomic E-state index is -0.193. The highest BCUT2D eigenvalue weighted by atomic mass is 32.1. The number of ether oxygens (including phenoxy) is 1. The van der Waals surface area contributed by atoms with E-state index in [1.165, 1.54) is 18.3 Å². The summed E-state index contributed by atoms with van der Waals surface area (Å²) >= 11 is 1.25. The van der Waals surface area contributed by atoms with Gasteiger partial charge in [0.25, 0.3) is 5.91 Å². The Kier molecular flexibility index (Phi) is 4.16. The van der Waals surface area contributed by atoms with Crippen LogP contribution in [-0.4, -0.2) is 47.0 Å². The van der Waals surface area contributed by atoms with Gasteiger partial charge in [0.1, 0.15) is 5.69 Å². The predicted molar refractivity (Wildman–Crippen MR) is 72.3 cm³/mol. The molecule has 0 spiro atoms. The van der Waals surface area contributed by atoms with Crippen LogP contribution in [-0.2, 0) is 9.53 Å². The van der Waals surface area contributed by atoms with Gasteiger partial charge in [0.15, 0.2) is 5.13 Å². The van der Waals surface area contributed by atoms with E-state index in [0.717, 1.165) is 0 Å². The highest BCUT2D eigenvalue weighted by Gasteiger charge is 2.27.